The molecule has 0 aliphatic carbocycles. The smallest absolute Gasteiger partial charge is 0.240 e. The van der Waals surface area contributed by atoms with E-state index in [0.717, 1.165) is 6.42 Å². The van der Waals surface area contributed by atoms with Gasteiger partial charge in [0.2, 0.25) is 10.0 Å². The molecule has 0 bridgehead atoms. The van der Waals surface area contributed by atoms with Crippen LogP contribution >= 0.6 is 0 Å². The van der Waals surface area contributed by atoms with Crippen LogP contribution in [0.25, 0.3) is 0 Å². The quantitative estimate of drug-likeness (QED) is 0.811. The van der Waals surface area contributed by atoms with Gasteiger partial charge in [-0.25, -0.2) is 13.1 Å². The van der Waals surface area contributed by atoms with Gasteiger partial charge in [0.05, 0.1) is 11.5 Å². The zero-order valence-corrected chi connectivity index (χ0v) is 11.0. The zero-order chi connectivity index (χ0) is 12.9. The molecule has 1 aromatic rings. The van der Waals surface area contributed by atoms with Crippen molar-refractivity contribution in [3.05, 3.63) is 29.8 Å². The minimum atomic E-state index is -3.41. The van der Waals surface area contributed by atoms with Crippen LogP contribution in [-0.2, 0) is 16.6 Å². The Balaban J connectivity index is 2.68. The van der Waals surface area contributed by atoms with Gasteiger partial charge < -0.3 is 5.11 Å². The van der Waals surface area contributed by atoms with Crippen LogP contribution in [0.5, 0.6) is 0 Å². The van der Waals surface area contributed by atoms with Crippen molar-refractivity contribution in [2.24, 2.45) is 5.92 Å². The minimum absolute atomic E-state index is 0.0822. The average molecular weight is 257 g/mol. The number of hydrogen-bond donors (Lipinski definition) is 2. The summed E-state index contributed by atoms with van der Waals surface area (Å²) in [5.41, 5.74) is 0.700. The van der Waals surface area contributed by atoms with Crippen molar-refractivity contribution in [1.29, 1.82) is 0 Å². The molecule has 4 nitrogen and oxygen atoms in total. The molecule has 96 valence electrons. The highest BCUT2D eigenvalue weighted by Gasteiger charge is 2.12. The van der Waals surface area contributed by atoms with Crippen LogP contribution in [0.3, 0.4) is 0 Å². The maximum atomic E-state index is 11.8. The maximum Gasteiger partial charge on any atom is 0.240 e. The second-order valence-electron chi connectivity index (χ2n) is 4.38. The first kappa shape index (κ1) is 14.2. The standard InChI is InChI=1S/C12H19NO3S/c1-10(2)7-8-13-17(15,16)12-5-3-11(9-14)4-6-12/h3-6,10,13-14H,7-9H2,1-2H3. The molecule has 0 aliphatic heterocycles. The molecule has 1 rings (SSSR count). The largest absolute Gasteiger partial charge is 0.392 e. The molecule has 1 aromatic carbocycles. The Morgan fingerprint density at radius 1 is 1.24 bits per heavy atom. The highest BCUT2D eigenvalue weighted by Crippen LogP contribution is 2.10. The van der Waals surface area contributed by atoms with Gasteiger partial charge in [0.25, 0.3) is 0 Å². The van der Waals surface area contributed by atoms with Crippen LogP contribution in [0.2, 0.25) is 0 Å². The Labute approximate surface area is 103 Å². The normalized spacial score (nSPS) is 12.0. The van der Waals surface area contributed by atoms with Crippen molar-refractivity contribution < 1.29 is 13.5 Å². The second kappa shape index (κ2) is 6.14. The third-order valence-corrected chi connectivity index (χ3v) is 3.91. The number of aliphatic hydroxyl groups is 1. The molecule has 0 heterocycles. The topological polar surface area (TPSA) is 66.4 Å². The van der Waals surface area contributed by atoms with E-state index in [1.807, 2.05) is 13.8 Å². The minimum Gasteiger partial charge on any atom is -0.392 e. The maximum absolute atomic E-state index is 11.8. The fourth-order valence-corrected chi connectivity index (χ4v) is 2.39. The Morgan fingerprint density at radius 3 is 2.29 bits per heavy atom. The molecule has 0 spiro atoms. The molecule has 0 amide bonds. The third kappa shape index (κ3) is 4.46. The van der Waals surface area contributed by atoms with E-state index in [4.69, 9.17) is 5.11 Å². The highest BCUT2D eigenvalue weighted by atomic mass is 32.2. The summed E-state index contributed by atoms with van der Waals surface area (Å²) in [6.07, 6.45) is 0.813. The van der Waals surface area contributed by atoms with E-state index in [9.17, 15) is 8.42 Å². The molecule has 0 unspecified atom stereocenters. The van der Waals surface area contributed by atoms with Gasteiger partial charge in [0.15, 0.2) is 0 Å². The van der Waals surface area contributed by atoms with E-state index in [2.05, 4.69) is 4.72 Å². The van der Waals surface area contributed by atoms with Gasteiger partial charge in [-0.15, -0.1) is 0 Å². The van der Waals surface area contributed by atoms with Crippen molar-refractivity contribution in [2.45, 2.75) is 31.8 Å². The Hall–Kier alpha value is -0.910. The summed E-state index contributed by atoms with van der Waals surface area (Å²) < 4.78 is 26.2. The summed E-state index contributed by atoms with van der Waals surface area (Å²) >= 11 is 0. The molecule has 2 N–H and O–H groups in total. The van der Waals surface area contributed by atoms with Crippen LogP contribution in [0.1, 0.15) is 25.8 Å². The number of sulfonamides is 1. The Morgan fingerprint density at radius 2 is 1.82 bits per heavy atom. The van der Waals surface area contributed by atoms with Gasteiger partial charge in [-0.1, -0.05) is 26.0 Å². The highest BCUT2D eigenvalue weighted by molar-refractivity contribution is 7.89. The number of aliphatic hydroxyl groups excluding tert-OH is 1. The van der Waals surface area contributed by atoms with Gasteiger partial charge in [0, 0.05) is 6.54 Å². The molecule has 0 radical (unpaired) electrons. The first-order valence-corrected chi connectivity index (χ1v) is 7.13. The van der Waals surface area contributed by atoms with Crippen LogP contribution < -0.4 is 4.72 Å². The molecule has 0 saturated heterocycles. The van der Waals surface area contributed by atoms with Crippen LogP contribution in [0.15, 0.2) is 29.2 Å². The molecular formula is C12H19NO3S. The molecule has 0 atom stereocenters. The number of hydrogen-bond acceptors (Lipinski definition) is 3. The molecule has 0 fully saturated rings. The first-order valence-electron chi connectivity index (χ1n) is 5.65. The molecule has 0 aliphatic rings. The van der Waals surface area contributed by atoms with Gasteiger partial charge in [-0.05, 0) is 30.0 Å². The van der Waals surface area contributed by atoms with E-state index in [-0.39, 0.29) is 11.5 Å². The van der Waals surface area contributed by atoms with Crippen LogP contribution in [0.4, 0.5) is 0 Å². The van der Waals surface area contributed by atoms with Gasteiger partial charge in [0.1, 0.15) is 0 Å². The predicted molar refractivity (Wildman–Crippen MR) is 67.0 cm³/mol. The molecule has 17 heavy (non-hydrogen) atoms. The lowest BCUT2D eigenvalue weighted by atomic mass is 10.1. The Bertz CT molecular complexity index is 437. The fraction of sp³-hybridized carbons (Fsp3) is 0.500. The predicted octanol–water partition coefficient (Wildman–Crippen LogP) is 1.50. The number of benzene rings is 1. The summed E-state index contributed by atoms with van der Waals surface area (Å²) in [5.74, 6) is 0.467. The lowest BCUT2D eigenvalue weighted by Gasteiger charge is -2.08. The number of nitrogens with one attached hydrogen (secondary N) is 1. The van der Waals surface area contributed by atoms with Crippen molar-refractivity contribution in [1.82, 2.24) is 4.72 Å². The summed E-state index contributed by atoms with van der Waals surface area (Å²) in [5, 5.41) is 8.87. The molecular weight excluding hydrogens is 238 g/mol. The average Bonchev–Trinajstić information content (AvgIpc) is 2.28. The van der Waals surface area contributed by atoms with Gasteiger partial charge in [-0.2, -0.15) is 0 Å². The van der Waals surface area contributed by atoms with Crippen molar-refractivity contribution in [3.8, 4) is 0 Å². The van der Waals surface area contributed by atoms with E-state index < -0.39 is 10.0 Å². The van der Waals surface area contributed by atoms with Gasteiger partial charge in [-0.3, -0.25) is 0 Å². The third-order valence-electron chi connectivity index (χ3n) is 2.43. The molecule has 0 aromatic heterocycles. The lowest BCUT2D eigenvalue weighted by Crippen LogP contribution is -2.25. The monoisotopic (exact) mass is 257 g/mol. The number of rotatable bonds is 6. The van der Waals surface area contributed by atoms with E-state index in [1.54, 1.807) is 12.1 Å². The summed E-state index contributed by atoms with van der Waals surface area (Å²) in [7, 11) is -3.41. The van der Waals surface area contributed by atoms with Crippen molar-refractivity contribution in [3.63, 3.8) is 0 Å². The van der Waals surface area contributed by atoms with Crippen LogP contribution in [-0.4, -0.2) is 20.1 Å². The summed E-state index contributed by atoms with van der Waals surface area (Å²) in [6, 6.07) is 6.22. The van der Waals surface area contributed by atoms with E-state index in [1.165, 1.54) is 12.1 Å². The van der Waals surface area contributed by atoms with E-state index >= 15 is 0 Å². The summed E-state index contributed by atoms with van der Waals surface area (Å²) in [4.78, 5) is 0.235. The fourth-order valence-electron chi connectivity index (χ4n) is 1.34. The second-order valence-corrected chi connectivity index (χ2v) is 6.15. The lowest BCUT2D eigenvalue weighted by molar-refractivity contribution is 0.282. The SMILES string of the molecule is CC(C)CCNS(=O)(=O)c1ccc(CO)cc1. The summed E-state index contributed by atoms with van der Waals surface area (Å²) in [6.45, 7) is 4.46. The van der Waals surface area contributed by atoms with Crippen molar-refractivity contribution in [2.75, 3.05) is 6.54 Å². The van der Waals surface area contributed by atoms with Crippen molar-refractivity contribution >= 4 is 10.0 Å². The van der Waals surface area contributed by atoms with E-state index in [0.29, 0.717) is 18.0 Å². The molecule has 5 heteroatoms. The first-order chi connectivity index (χ1) is 7.95. The Kier molecular flexibility index (Phi) is 5.11. The van der Waals surface area contributed by atoms with Gasteiger partial charge >= 0.3 is 0 Å². The van der Waals surface area contributed by atoms with Crippen LogP contribution in [0, 0.1) is 5.92 Å². The molecule has 0 saturated carbocycles. The zero-order valence-electron chi connectivity index (χ0n) is 10.2.